The normalized spacial score (nSPS) is 10.9. The predicted molar refractivity (Wildman–Crippen MR) is 123 cm³/mol. The van der Waals surface area contributed by atoms with E-state index in [1.54, 1.807) is 36.6 Å². The van der Waals surface area contributed by atoms with Crippen LogP contribution in [0, 0.1) is 13.8 Å². The van der Waals surface area contributed by atoms with Crippen molar-refractivity contribution >= 4 is 40.3 Å². The van der Waals surface area contributed by atoms with E-state index in [1.807, 2.05) is 32.0 Å². The van der Waals surface area contributed by atoms with Crippen LogP contribution in [-0.2, 0) is 31.9 Å². The maximum Gasteiger partial charge on any atom is 0.310 e. The van der Waals surface area contributed by atoms with Crippen LogP contribution in [0.25, 0.3) is 10.9 Å². The number of rotatable bonds is 7. The lowest BCUT2D eigenvalue weighted by molar-refractivity contribution is -0.143. The summed E-state index contributed by atoms with van der Waals surface area (Å²) in [5.74, 6) is -1.02. The first-order valence-electron chi connectivity index (χ1n) is 10.5. The summed E-state index contributed by atoms with van der Waals surface area (Å²) in [6.45, 7) is 7.83. The Labute approximate surface area is 192 Å². The average molecular weight is 456 g/mol. The summed E-state index contributed by atoms with van der Waals surface area (Å²) in [5, 5.41) is 1.23. The quantitative estimate of drug-likeness (QED) is 0.478. The Balaban J connectivity index is 2.08. The third-order valence-corrected chi connectivity index (χ3v) is 5.62. The fraction of sp³-hybridized carbons (Fsp3) is 0.320. The smallest absolute Gasteiger partial charge is 0.310 e. The van der Waals surface area contributed by atoms with Gasteiger partial charge in [-0.2, -0.15) is 0 Å². The molecule has 0 radical (unpaired) electrons. The van der Waals surface area contributed by atoms with Crippen LogP contribution in [0.5, 0.6) is 0 Å². The van der Waals surface area contributed by atoms with Gasteiger partial charge in [0.15, 0.2) is 0 Å². The van der Waals surface area contributed by atoms with E-state index < -0.39 is 5.97 Å². The van der Waals surface area contributed by atoms with Crippen molar-refractivity contribution in [1.82, 2.24) is 4.57 Å². The Morgan fingerprint density at radius 1 is 0.906 bits per heavy atom. The van der Waals surface area contributed by atoms with Crippen LogP contribution in [0.4, 0.5) is 0 Å². The van der Waals surface area contributed by atoms with Crippen LogP contribution >= 0.6 is 11.6 Å². The lowest BCUT2D eigenvalue weighted by atomic mass is 10.1. The second-order valence-corrected chi connectivity index (χ2v) is 7.90. The number of ether oxygens (including phenoxy) is 2. The highest BCUT2D eigenvalue weighted by molar-refractivity contribution is 6.31. The van der Waals surface area contributed by atoms with Gasteiger partial charge in [-0.1, -0.05) is 23.2 Å². The summed E-state index contributed by atoms with van der Waals surface area (Å²) in [7, 11) is 0. The van der Waals surface area contributed by atoms with E-state index in [2.05, 4.69) is 0 Å². The zero-order chi connectivity index (χ0) is 23.4. The topological polar surface area (TPSA) is 74.6 Å². The Kier molecular flexibility index (Phi) is 7.36. The molecule has 0 saturated carbocycles. The van der Waals surface area contributed by atoms with Crippen LogP contribution in [-0.4, -0.2) is 35.6 Å². The largest absolute Gasteiger partial charge is 0.466 e. The number of halogens is 1. The van der Waals surface area contributed by atoms with Crippen LogP contribution in [0.15, 0.2) is 36.4 Å². The van der Waals surface area contributed by atoms with Crippen molar-refractivity contribution in [1.29, 1.82) is 0 Å². The molecule has 0 aliphatic rings. The highest BCUT2D eigenvalue weighted by Crippen LogP contribution is 2.29. The molecule has 0 spiro atoms. The van der Waals surface area contributed by atoms with Crippen molar-refractivity contribution in [3.63, 3.8) is 0 Å². The first-order valence-corrected chi connectivity index (χ1v) is 10.9. The molecule has 0 fully saturated rings. The zero-order valence-corrected chi connectivity index (χ0v) is 19.4. The van der Waals surface area contributed by atoms with E-state index in [0.717, 1.165) is 16.5 Å². The summed E-state index contributed by atoms with van der Waals surface area (Å²) >= 11 is 6.25. The molecule has 0 N–H and O–H groups in total. The molecule has 32 heavy (non-hydrogen) atoms. The number of carbonyl (C=O) groups is 3. The van der Waals surface area contributed by atoms with Crippen LogP contribution in [0.2, 0.25) is 5.02 Å². The minimum atomic E-state index is -0.409. The fourth-order valence-corrected chi connectivity index (χ4v) is 3.96. The lowest BCUT2D eigenvalue weighted by Gasteiger charge is -2.10. The SMILES string of the molecule is CCOC(=O)Cc1cc(C(=O)n2c(C)c(CC(=O)OCC)c3cc(C)ccc32)ccc1Cl. The van der Waals surface area contributed by atoms with E-state index in [9.17, 15) is 14.4 Å². The van der Waals surface area contributed by atoms with E-state index in [0.29, 0.717) is 34.0 Å². The average Bonchev–Trinajstić information content (AvgIpc) is 3.00. The number of aromatic nitrogens is 1. The summed E-state index contributed by atoms with van der Waals surface area (Å²) in [6, 6.07) is 10.6. The highest BCUT2D eigenvalue weighted by atomic mass is 35.5. The van der Waals surface area contributed by atoms with Crippen LogP contribution in [0.1, 0.15) is 46.6 Å². The number of aryl methyl sites for hydroxylation is 1. The highest BCUT2D eigenvalue weighted by Gasteiger charge is 2.22. The molecule has 0 bridgehead atoms. The van der Waals surface area contributed by atoms with Gasteiger partial charge in [-0.15, -0.1) is 0 Å². The van der Waals surface area contributed by atoms with Gasteiger partial charge >= 0.3 is 11.9 Å². The molecule has 2 aromatic carbocycles. The minimum Gasteiger partial charge on any atom is -0.466 e. The molecule has 6 nitrogen and oxygen atoms in total. The molecule has 0 amide bonds. The molecule has 168 valence electrons. The van der Waals surface area contributed by atoms with Gasteiger partial charge in [0, 0.05) is 21.7 Å². The lowest BCUT2D eigenvalue weighted by Crippen LogP contribution is -2.15. The standard InChI is InChI=1S/C25H26ClNO5/c1-5-31-23(28)13-18-12-17(8-9-21(18)26)25(30)27-16(4)19(14-24(29)32-6-2)20-11-15(3)7-10-22(20)27/h7-12H,5-6,13-14H2,1-4H3. The van der Waals surface area contributed by atoms with E-state index in [4.69, 9.17) is 21.1 Å². The summed E-state index contributed by atoms with van der Waals surface area (Å²) in [4.78, 5) is 37.7. The zero-order valence-electron chi connectivity index (χ0n) is 18.7. The molecule has 0 atom stereocenters. The summed E-state index contributed by atoms with van der Waals surface area (Å²) in [5.41, 5.74) is 4.07. The van der Waals surface area contributed by atoms with E-state index >= 15 is 0 Å². The van der Waals surface area contributed by atoms with Crippen molar-refractivity contribution < 1.29 is 23.9 Å². The van der Waals surface area contributed by atoms with Gasteiger partial charge in [-0.25, -0.2) is 0 Å². The second kappa shape index (κ2) is 10.0. The van der Waals surface area contributed by atoms with Crippen molar-refractivity contribution in [3.8, 4) is 0 Å². The molecule has 0 unspecified atom stereocenters. The summed E-state index contributed by atoms with van der Waals surface area (Å²) < 4.78 is 11.7. The van der Waals surface area contributed by atoms with Crippen molar-refractivity contribution in [3.05, 3.63) is 69.4 Å². The maximum atomic E-state index is 13.6. The first kappa shape index (κ1) is 23.5. The Morgan fingerprint density at radius 2 is 1.56 bits per heavy atom. The van der Waals surface area contributed by atoms with Gasteiger partial charge in [0.1, 0.15) is 0 Å². The number of hydrogen-bond acceptors (Lipinski definition) is 5. The monoisotopic (exact) mass is 455 g/mol. The van der Waals surface area contributed by atoms with Crippen LogP contribution in [0.3, 0.4) is 0 Å². The number of esters is 2. The molecule has 1 aromatic heterocycles. The van der Waals surface area contributed by atoms with Gasteiger partial charge in [0.05, 0.1) is 31.6 Å². The minimum absolute atomic E-state index is 0.0213. The predicted octanol–water partition coefficient (Wildman–Crippen LogP) is 4.81. The van der Waals surface area contributed by atoms with Gasteiger partial charge in [0.2, 0.25) is 0 Å². The van der Waals surface area contributed by atoms with Gasteiger partial charge in [-0.3, -0.25) is 19.0 Å². The van der Waals surface area contributed by atoms with Gasteiger partial charge in [-0.05, 0) is 69.2 Å². The molecule has 7 heteroatoms. The molecule has 0 aliphatic heterocycles. The Bertz CT molecular complexity index is 1190. The van der Waals surface area contributed by atoms with Crippen molar-refractivity contribution in [2.45, 2.75) is 40.5 Å². The maximum absolute atomic E-state index is 13.6. The van der Waals surface area contributed by atoms with Crippen molar-refractivity contribution in [2.75, 3.05) is 13.2 Å². The molecule has 0 saturated heterocycles. The Morgan fingerprint density at radius 3 is 2.22 bits per heavy atom. The number of carbonyl (C=O) groups excluding carboxylic acids is 3. The van der Waals surface area contributed by atoms with Crippen molar-refractivity contribution in [2.24, 2.45) is 0 Å². The van der Waals surface area contributed by atoms with Crippen LogP contribution < -0.4 is 0 Å². The molecule has 0 aliphatic carbocycles. The van der Waals surface area contributed by atoms with E-state index in [-0.39, 0.29) is 31.3 Å². The number of fused-ring (bicyclic) bond motifs is 1. The molecule has 3 aromatic rings. The molecular weight excluding hydrogens is 430 g/mol. The molecule has 3 rings (SSSR count). The number of nitrogens with zero attached hydrogens (tertiary/aromatic N) is 1. The third-order valence-electron chi connectivity index (χ3n) is 5.25. The number of benzene rings is 2. The second-order valence-electron chi connectivity index (χ2n) is 7.49. The summed E-state index contributed by atoms with van der Waals surface area (Å²) in [6.07, 6.45) is 0.0567. The molecular formula is C25H26ClNO5. The fourth-order valence-electron chi connectivity index (χ4n) is 3.78. The van der Waals surface area contributed by atoms with Gasteiger partial charge in [0.25, 0.3) is 5.91 Å². The van der Waals surface area contributed by atoms with Gasteiger partial charge < -0.3 is 9.47 Å². The molecule has 1 heterocycles. The third kappa shape index (κ3) is 4.86. The Hall–Kier alpha value is -3.12. The van der Waals surface area contributed by atoms with E-state index in [1.165, 1.54) is 0 Å². The number of hydrogen-bond donors (Lipinski definition) is 0. The first-order chi connectivity index (χ1) is 15.3.